The molecule has 1 heterocycles. The van der Waals surface area contributed by atoms with Crippen LogP contribution in [0.1, 0.15) is 6.42 Å². The quantitative estimate of drug-likeness (QED) is 0.343. The Morgan fingerprint density at radius 1 is 1.21 bits per heavy atom. The zero-order chi connectivity index (χ0) is 19.9. The summed E-state index contributed by atoms with van der Waals surface area (Å²) in [6, 6.07) is 13.9. The summed E-state index contributed by atoms with van der Waals surface area (Å²) >= 11 is 1.30. The van der Waals surface area contributed by atoms with E-state index in [0.29, 0.717) is 35.8 Å². The smallest absolute Gasteiger partial charge is 0.271 e. The van der Waals surface area contributed by atoms with Crippen molar-refractivity contribution in [3.8, 4) is 6.07 Å². The van der Waals surface area contributed by atoms with Crippen LogP contribution >= 0.6 is 11.3 Å². The van der Waals surface area contributed by atoms with Gasteiger partial charge in [-0.2, -0.15) is 5.26 Å². The monoisotopic (exact) mass is 396 g/mol. The number of azo groups is 1. The molecule has 0 aliphatic heterocycles. The van der Waals surface area contributed by atoms with Gasteiger partial charge in [0, 0.05) is 30.9 Å². The van der Waals surface area contributed by atoms with Gasteiger partial charge >= 0.3 is 0 Å². The minimum atomic E-state index is -0.460. The van der Waals surface area contributed by atoms with Crippen molar-refractivity contribution >= 4 is 43.7 Å². The molecule has 0 spiro atoms. The van der Waals surface area contributed by atoms with Gasteiger partial charge in [-0.15, -0.1) is 10.2 Å². The molecule has 1 aromatic heterocycles. The van der Waals surface area contributed by atoms with Crippen molar-refractivity contribution in [2.24, 2.45) is 10.2 Å². The summed E-state index contributed by atoms with van der Waals surface area (Å²) in [5.74, 6) is 0. The van der Waals surface area contributed by atoms with E-state index >= 15 is 0 Å². The van der Waals surface area contributed by atoms with Crippen molar-refractivity contribution in [3.63, 3.8) is 0 Å². The van der Waals surface area contributed by atoms with E-state index in [4.69, 9.17) is 10.4 Å². The molecule has 3 aromatic rings. The maximum Gasteiger partial charge on any atom is 0.271 e. The maximum absolute atomic E-state index is 10.8. The summed E-state index contributed by atoms with van der Waals surface area (Å²) in [4.78, 5) is 16.6. The predicted octanol–water partition coefficient (Wildman–Crippen LogP) is 4.33. The largest absolute Gasteiger partial charge is 0.395 e. The lowest BCUT2D eigenvalue weighted by molar-refractivity contribution is -0.384. The molecule has 0 fully saturated rings. The number of aromatic nitrogens is 1. The van der Waals surface area contributed by atoms with Crippen LogP contribution in [0.3, 0.4) is 0 Å². The molecule has 0 radical (unpaired) electrons. The van der Waals surface area contributed by atoms with E-state index < -0.39 is 4.92 Å². The number of hydrogen-bond donors (Lipinski definition) is 1. The van der Waals surface area contributed by atoms with Crippen molar-refractivity contribution < 1.29 is 10.0 Å². The fourth-order valence-corrected chi connectivity index (χ4v) is 3.33. The van der Waals surface area contributed by atoms with Crippen LogP contribution in [0.15, 0.2) is 52.7 Å². The van der Waals surface area contributed by atoms with Gasteiger partial charge in [0.1, 0.15) is 0 Å². The van der Waals surface area contributed by atoms with Gasteiger partial charge in [0.15, 0.2) is 0 Å². The fraction of sp³-hybridized carbons (Fsp3) is 0.222. The molecular formula is C18H16N6O3S. The second kappa shape index (κ2) is 8.98. The first-order valence-electron chi connectivity index (χ1n) is 8.40. The molecule has 0 bridgehead atoms. The number of rotatable bonds is 8. The van der Waals surface area contributed by atoms with E-state index in [1.807, 2.05) is 17.0 Å². The van der Waals surface area contributed by atoms with Gasteiger partial charge in [-0.3, -0.25) is 10.1 Å². The summed E-state index contributed by atoms with van der Waals surface area (Å²) in [6.45, 7) is 0.985. The van der Waals surface area contributed by atoms with E-state index in [0.717, 1.165) is 10.4 Å². The number of nitro groups is 1. The molecule has 0 aliphatic carbocycles. The SMILES string of the molecule is N#CCCN(CCO)c1ccc(N=Nc2nc3cc([N+](=O)[O-])ccc3s2)cc1. The summed E-state index contributed by atoms with van der Waals surface area (Å²) in [5, 5.41) is 37.4. The highest BCUT2D eigenvalue weighted by Gasteiger charge is 2.10. The van der Waals surface area contributed by atoms with E-state index in [2.05, 4.69) is 21.3 Å². The molecule has 9 nitrogen and oxygen atoms in total. The Bertz CT molecular complexity index is 1040. The van der Waals surface area contributed by atoms with Crippen molar-refractivity contribution in [3.05, 3.63) is 52.6 Å². The number of hydrogen-bond acceptors (Lipinski definition) is 9. The number of benzene rings is 2. The molecule has 0 saturated heterocycles. The topological polar surface area (TPSA) is 128 Å². The third kappa shape index (κ3) is 4.64. The molecule has 0 unspecified atom stereocenters. The van der Waals surface area contributed by atoms with Gasteiger partial charge in [-0.1, -0.05) is 11.3 Å². The van der Waals surface area contributed by atoms with Crippen LogP contribution in [0.5, 0.6) is 0 Å². The number of nitro benzene ring substituents is 1. The van der Waals surface area contributed by atoms with Gasteiger partial charge in [-0.25, -0.2) is 4.98 Å². The molecule has 1 N–H and O–H groups in total. The maximum atomic E-state index is 10.8. The Labute approximate surface area is 164 Å². The van der Waals surface area contributed by atoms with Gasteiger partial charge in [0.25, 0.3) is 5.69 Å². The van der Waals surface area contributed by atoms with Gasteiger partial charge in [0.2, 0.25) is 5.13 Å². The lowest BCUT2D eigenvalue weighted by Crippen LogP contribution is -2.27. The van der Waals surface area contributed by atoms with Crippen molar-refractivity contribution in [1.82, 2.24) is 4.98 Å². The second-order valence-electron chi connectivity index (χ2n) is 5.74. The minimum Gasteiger partial charge on any atom is -0.395 e. The van der Waals surface area contributed by atoms with Crippen molar-refractivity contribution in [2.75, 3.05) is 24.6 Å². The highest BCUT2D eigenvalue weighted by molar-refractivity contribution is 7.21. The summed E-state index contributed by atoms with van der Waals surface area (Å²) < 4.78 is 0.798. The van der Waals surface area contributed by atoms with Gasteiger partial charge in [-0.05, 0) is 30.3 Å². The minimum absolute atomic E-state index is 0.00264. The first-order chi connectivity index (χ1) is 13.6. The lowest BCUT2D eigenvalue weighted by atomic mass is 10.2. The van der Waals surface area contributed by atoms with Crippen LogP contribution in [-0.4, -0.2) is 34.7 Å². The molecular weight excluding hydrogens is 380 g/mol. The van der Waals surface area contributed by atoms with E-state index in [1.54, 1.807) is 18.2 Å². The van der Waals surface area contributed by atoms with Crippen LogP contribution < -0.4 is 4.90 Å². The van der Waals surface area contributed by atoms with Gasteiger partial charge < -0.3 is 10.0 Å². The third-order valence-electron chi connectivity index (χ3n) is 3.90. The standard InChI is InChI=1S/C18H16N6O3S/c19-8-1-9-23(10-11-25)14-4-2-13(3-5-14)21-22-18-20-16-12-15(24(26)27)6-7-17(16)28-18/h2-7,12,25H,1,9-11H2. The van der Waals surface area contributed by atoms with Gasteiger partial charge in [0.05, 0.1) is 39.9 Å². The van der Waals surface area contributed by atoms with E-state index in [1.165, 1.54) is 23.5 Å². The number of fused-ring (bicyclic) bond motifs is 1. The van der Waals surface area contributed by atoms with Crippen LogP contribution in [0.2, 0.25) is 0 Å². The second-order valence-corrected chi connectivity index (χ2v) is 6.75. The number of anilines is 1. The van der Waals surface area contributed by atoms with Crippen LogP contribution in [0.25, 0.3) is 10.2 Å². The summed E-state index contributed by atoms with van der Waals surface area (Å²) in [5.41, 5.74) is 2.01. The zero-order valence-corrected chi connectivity index (χ0v) is 15.5. The lowest BCUT2D eigenvalue weighted by Gasteiger charge is -2.22. The third-order valence-corrected chi connectivity index (χ3v) is 4.82. The number of nitrogens with zero attached hydrogens (tertiary/aromatic N) is 6. The first-order valence-corrected chi connectivity index (χ1v) is 9.22. The molecule has 0 saturated carbocycles. The number of thiazole rings is 1. The molecule has 2 aromatic carbocycles. The highest BCUT2D eigenvalue weighted by Crippen LogP contribution is 2.31. The van der Waals surface area contributed by atoms with Crippen LogP contribution in [0, 0.1) is 21.4 Å². The number of non-ortho nitro benzene ring substituents is 1. The number of nitriles is 1. The van der Waals surface area contributed by atoms with Crippen LogP contribution in [-0.2, 0) is 0 Å². The Morgan fingerprint density at radius 3 is 2.68 bits per heavy atom. The summed E-state index contributed by atoms with van der Waals surface area (Å²) in [6.07, 6.45) is 0.372. The molecule has 0 atom stereocenters. The Morgan fingerprint density at radius 2 is 2.00 bits per heavy atom. The van der Waals surface area contributed by atoms with Crippen molar-refractivity contribution in [2.45, 2.75) is 6.42 Å². The highest BCUT2D eigenvalue weighted by atomic mass is 32.1. The fourth-order valence-electron chi connectivity index (χ4n) is 2.57. The molecule has 10 heteroatoms. The average Bonchev–Trinajstić information content (AvgIpc) is 3.12. The molecule has 142 valence electrons. The van der Waals surface area contributed by atoms with E-state index in [9.17, 15) is 10.1 Å². The van der Waals surface area contributed by atoms with Crippen molar-refractivity contribution in [1.29, 1.82) is 5.26 Å². The molecule has 28 heavy (non-hydrogen) atoms. The molecule has 0 aliphatic rings. The first kappa shape index (κ1) is 19.3. The Kier molecular flexibility index (Phi) is 6.21. The average molecular weight is 396 g/mol. The predicted molar refractivity (Wildman–Crippen MR) is 106 cm³/mol. The molecule has 0 amide bonds. The normalized spacial score (nSPS) is 11.0. The Hall–Kier alpha value is -3.42. The molecule has 3 rings (SSSR count). The number of aliphatic hydroxyl groups excluding tert-OH is 1. The zero-order valence-electron chi connectivity index (χ0n) is 14.7. The van der Waals surface area contributed by atoms with E-state index in [-0.39, 0.29) is 12.3 Å². The number of aliphatic hydroxyl groups is 1. The van der Waals surface area contributed by atoms with Crippen LogP contribution in [0.4, 0.5) is 22.2 Å². The Balaban J connectivity index is 1.74. The summed E-state index contributed by atoms with van der Waals surface area (Å²) in [7, 11) is 0.